The molecule has 2 saturated heterocycles. The summed E-state index contributed by atoms with van der Waals surface area (Å²) in [4.78, 5) is 24.6. The number of carbonyl (C=O) groups is 1. The Labute approximate surface area is 128 Å². The summed E-state index contributed by atoms with van der Waals surface area (Å²) in [5, 5.41) is 8.32. The third-order valence-corrected chi connectivity index (χ3v) is 4.41. The lowest BCUT2D eigenvalue weighted by Gasteiger charge is -2.21. The molecule has 0 radical (unpaired) electrons. The fourth-order valence-electron chi connectivity index (χ4n) is 3.27. The van der Waals surface area contributed by atoms with Crippen molar-refractivity contribution in [3.05, 3.63) is 36.5 Å². The van der Waals surface area contributed by atoms with E-state index in [4.69, 9.17) is 0 Å². The van der Waals surface area contributed by atoms with Crippen molar-refractivity contribution >= 4 is 17.4 Å². The molecule has 2 aromatic heterocycles. The van der Waals surface area contributed by atoms with Crippen molar-refractivity contribution in [1.82, 2.24) is 20.2 Å². The highest BCUT2D eigenvalue weighted by molar-refractivity contribution is 5.98. The zero-order valence-electron chi connectivity index (χ0n) is 12.3. The molecule has 2 atom stereocenters. The van der Waals surface area contributed by atoms with Crippen LogP contribution in [-0.2, 0) is 4.79 Å². The minimum Gasteiger partial charge on any atom is -0.354 e. The SMILES string of the molecule is Cc1ccc(N2C[C@@H]3CN(c4cncnc4)C(=O)[C@@H]3C2)nn1. The van der Waals surface area contributed by atoms with Crippen LogP contribution in [0.3, 0.4) is 0 Å². The molecule has 2 fully saturated rings. The first-order chi connectivity index (χ1) is 10.7. The van der Waals surface area contributed by atoms with Gasteiger partial charge in [-0.1, -0.05) is 0 Å². The normalized spacial score (nSPS) is 24.0. The van der Waals surface area contributed by atoms with Crippen molar-refractivity contribution in [2.24, 2.45) is 11.8 Å². The van der Waals surface area contributed by atoms with Crippen molar-refractivity contribution < 1.29 is 4.79 Å². The van der Waals surface area contributed by atoms with E-state index >= 15 is 0 Å². The van der Waals surface area contributed by atoms with E-state index in [1.165, 1.54) is 6.33 Å². The summed E-state index contributed by atoms with van der Waals surface area (Å²) in [6.45, 7) is 4.16. The van der Waals surface area contributed by atoms with E-state index in [1.54, 1.807) is 17.3 Å². The van der Waals surface area contributed by atoms with Gasteiger partial charge < -0.3 is 9.80 Å². The predicted molar refractivity (Wildman–Crippen MR) is 80.3 cm³/mol. The number of amides is 1. The topological polar surface area (TPSA) is 75.1 Å². The molecule has 0 spiro atoms. The number of hydrogen-bond donors (Lipinski definition) is 0. The number of nitrogens with zero attached hydrogens (tertiary/aromatic N) is 6. The van der Waals surface area contributed by atoms with Gasteiger partial charge in [0.05, 0.1) is 29.7 Å². The van der Waals surface area contributed by atoms with Crippen LogP contribution in [0.2, 0.25) is 0 Å². The maximum atomic E-state index is 12.6. The molecule has 22 heavy (non-hydrogen) atoms. The highest BCUT2D eigenvalue weighted by Crippen LogP contribution is 2.36. The smallest absolute Gasteiger partial charge is 0.232 e. The lowest BCUT2D eigenvalue weighted by atomic mass is 10.0. The van der Waals surface area contributed by atoms with Gasteiger partial charge in [0.25, 0.3) is 0 Å². The first-order valence-corrected chi connectivity index (χ1v) is 7.34. The molecule has 2 aliphatic heterocycles. The van der Waals surface area contributed by atoms with Crippen LogP contribution in [-0.4, -0.2) is 45.7 Å². The first kappa shape index (κ1) is 13.1. The Hall–Kier alpha value is -2.57. The van der Waals surface area contributed by atoms with Crippen LogP contribution < -0.4 is 9.80 Å². The highest BCUT2D eigenvalue weighted by atomic mass is 16.2. The van der Waals surface area contributed by atoms with Gasteiger partial charge in [-0.3, -0.25) is 4.79 Å². The van der Waals surface area contributed by atoms with Gasteiger partial charge in [-0.2, -0.15) is 5.10 Å². The maximum absolute atomic E-state index is 12.6. The number of aryl methyl sites for hydroxylation is 1. The molecule has 4 rings (SSSR count). The molecule has 1 amide bonds. The van der Waals surface area contributed by atoms with E-state index < -0.39 is 0 Å². The second-order valence-electron chi connectivity index (χ2n) is 5.85. The van der Waals surface area contributed by atoms with Gasteiger partial charge in [-0.05, 0) is 19.1 Å². The fourth-order valence-corrected chi connectivity index (χ4v) is 3.27. The first-order valence-electron chi connectivity index (χ1n) is 7.34. The summed E-state index contributed by atoms with van der Waals surface area (Å²) in [6, 6.07) is 3.92. The third-order valence-electron chi connectivity index (χ3n) is 4.41. The summed E-state index contributed by atoms with van der Waals surface area (Å²) in [7, 11) is 0. The summed E-state index contributed by atoms with van der Waals surface area (Å²) >= 11 is 0. The quantitative estimate of drug-likeness (QED) is 0.811. The molecular weight excluding hydrogens is 280 g/mol. The Bertz CT molecular complexity index is 689. The average Bonchev–Trinajstić information content (AvgIpc) is 3.09. The lowest BCUT2D eigenvalue weighted by molar-refractivity contribution is -0.120. The molecular formula is C15H16N6O. The standard InChI is InChI=1S/C15H16N6O/c1-10-2-3-14(19-18-10)20-6-11-7-21(15(22)13(11)8-20)12-4-16-9-17-5-12/h2-5,9,11,13H,6-8H2,1H3/t11-,13-/m1/s1. The van der Waals surface area contributed by atoms with Crippen molar-refractivity contribution in [2.45, 2.75) is 6.92 Å². The highest BCUT2D eigenvalue weighted by Gasteiger charge is 2.47. The van der Waals surface area contributed by atoms with Crippen LogP contribution >= 0.6 is 0 Å². The predicted octanol–water partition coefficient (Wildman–Crippen LogP) is 0.674. The molecule has 0 N–H and O–H groups in total. The molecule has 0 saturated carbocycles. The summed E-state index contributed by atoms with van der Waals surface area (Å²) in [5.41, 5.74) is 1.68. The molecule has 0 aliphatic carbocycles. The number of aromatic nitrogens is 4. The zero-order chi connectivity index (χ0) is 15.1. The average molecular weight is 296 g/mol. The summed E-state index contributed by atoms with van der Waals surface area (Å²) < 4.78 is 0. The van der Waals surface area contributed by atoms with Crippen LogP contribution in [0.25, 0.3) is 0 Å². The van der Waals surface area contributed by atoms with Crippen molar-refractivity contribution in [3.63, 3.8) is 0 Å². The molecule has 4 heterocycles. The lowest BCUT2D eigenvalue weighted by Crippen LogP contribution is -2.33. The van der Waals surface area contributed by atoms with Gasteiger partial charge in [0.15, 0.2) is 5.82 Å². The van der Waals surface area contributed by atoms with Gasteiger partial charge in [-0.15, -0.1) is 5.10 Å². The summed E-state index contributed by atoms with van der Waals surface area (Å²) in [5.74, 6) is 1.34. The molecule has 2 aliphatic rings. The van der Waals surface area contributed by atoms with E-state index in [-0.39, 0.29) is 11.8 Å². The Morgan fingerprint density at radius 1 is 1.09 bits per heavy atom. The van der Waals surface area contributed by atoms with E-state index in [0.717, 1.165) is 23.7 Å². The monoisotopic (exact) mass is 296 g/mol. The Kier molecular flexibility index (Phi) is 2.99. The molecule has 0 bridgehead atoms. The van der Waals surface area contributed by atoms with Gasteiger partial charge in [0, 0.05) is 25.6 Å². The second-order valence-corrected chi connectivity index (χ2v) is 5.85. The number of fused-ring (bicyclic) bond motifs is 1. The molecule has 0 aromatic carbocycles. The minimum absolute atomic E-state index is 0.0170. The summed E-state index contributed by atoms with van der Waals surface area (Å²) in [6.07, 6.45) is 4.85. The molecule has 2 aromatic rings. The molecule has 7 heteroatoms. The van der Waals surface area contributed by atoms with Crippen LogP contribution in [0.1, 0.15) is 5.69 Å². The van der Waals surface area contributed by atoms with E-state index in [1.807, 2.05) is 19.1 Å². The molecule has 112 valence electrons. The van der Waals surface area contributed by atoms with Crippen LogP contribution in [0.5, 0.6) is 0 Å². The zero-order valence-corrected chi connectivity index (χ0v) is 12.3. The van der Waals surface area contributed by atoms with E-state index in [0.29, 0.717) is 19.0 Å². The number of anilines is 2. The van der Waals surface area contributed by atoms with Crippen molar-refractivity contribution in [3.8, 4) is 0 Å². The largest absolute Gasteiger partial charge is 0.354 e. The molecule has 7 nitrogen and oxygen atoms in total. The fraction of sp³-hybridized carbons (Fsp3) is 0.400. The van der Waals surface area contributed by atoms with Crippen molar-refractivity contribution in [1.29, 1.82) is 0 Å². The van der Waals surface area contributed by atoms with Crippen LogP contribution in [0.15, 0.2) is 30.9 Å². The van der Waals surface area contributed by atoms with Gasteiger partial charge in [0.1, 0.15) is 6.33 Å². The minimum atomic E-state index is 0.0170. The maximum Gasteiger partial charge on any atom is 0.232 e. The number of rotatable bonds is 2. The second kappa shape index (κ2) is 5.01. The van der Waals surface area contributed by atoms with Gasteiger partial charge >= 0.3 is 0 Å². The van der Waals surface area contributed by atoms with E-state index in [9.17, 15) is 4.79 Å². The van der Waals surface area contributed by atoms with Crippen LogP contribution in [0.4, 0.5) is 11.5 Å². The van der Waals surface area contributed by atoms with Gasteiger partial charge in [-0.25, -0.2) is 9.97 Å². The number of carbonyl (C=O) groups excluding carboxylic acids is 1. The van der Waals surface area contributed by atoms with Crippen molar-refractivity contribution in [2.75, 3.05) is 29.4 Å². The van der Waals surface area contributed by atoms with E-state index in [2.05, 4.69) is 25.1 Å². The molecule has 0 unspecified atom stereocenters. The Morgan fingerprint density at radius 2 is 1.91 bits per heavy atom. The van der Waals surface area contributed by atoms with Gasteiger partial charge in [0.2, 0.25) is 5.91 Å². The Morgan fingerprint density at radius 3 is 2.59 bits per heavy atom. The third kappa shape index (κ3) is 2.09. The Balaban J connectivity index is 1.51. The number of hydrogen-bond acceptors (Lipinski definition) is 6. The van der Waals surface area contributed by atoms with Crippen LogP contribution in [0, 0.1) is 18.8 Å².